The fourth-order valence-corrected chi connectivity index (χ4v) is 2.16. The number of hydrogen-bond donors (Lipinski definition) is 3. The molecule has 112 valence electrons. The van der Waals surface area contributed by atoms with E-state index >= 15 is 0 Å². The minimum atomic E-state index is -1.03. The summed E-state index contributed by atoms with van der Waals surface area (Å²) in [5, 5.41) is 14.6. The zero-order valence-electron chi connectivity index (χ0n) is 11.8. The molecule has 0 aliphatic carbocycles. The number of carbonyl (C=O) groups is 1. The van der Waals surface area contributed by atoms with E-state index in [1.807, 2.05) is 32.2 Å². The van der Waals surface area contributed by atoms with Crippen LogP contribution in [-0.2, 0) is 4.74 Å². The van der Waals surface area contributed by atoms with Crippen LogP contribution in [0.5, 0.6) is 0 Å². The quantitative estimate of drug-likeness (QED) is 0.645. The van der Waals surface area contributed by atoms with Crippen molar-refractivity contribution < 1.29 is 14.6 Å². The van der Waals surface area contributed by atoms with Crippen LogP contribution in [0.2, 0.25) is 5.02 Å². The maximum absolute atomic E-state index is 10.3. The molecule has 5 nitrogen and oxygen atoms in total. The fraction of sp³-hybridized carbons (Fsp3) is 0.500. The van der Waals surface area contributed by atoms with E-state index in [2.05, 4.69) is 10.6 Å². The molecule has 1 aromatic rings. The van der Waals surface area contributed by atoms with Gasteiger partial charge in [-0.15, -0.1) is 0 Å². The van der Waals surface area contributed by atoms with Gasteiger partial charge in [0.15, 0.2) is 0 Å². The molecule has 1 amide bonds. The maximum Gasteiger partial charge on any atom is 0.404 e. The summed E-state index contributed by atoms with van der Waals surface area (Å²) >= 11 is 6.03. The number of hydrogen-bond acceptors (Lipinski definition) is 3. The lowest BCUT2D eigenvalue weighted by molar-refractivity contribution is 0.124. The monoisotopic (exact) mass is 300 g/mol. The highest BCUT2D eigenvalue weighted by Crippen LogP contribution is 2.24. The Morgan fingerprint density at radius 1 is 1.45 bits per heavy atom. The molecule has 1 aromatic carbocycles. The largest absolute Gasteiger partial charge is 0.465 e. The number of amides is 1. The number of rotatable bonds is 8. The zero-order chi connectivity index (χ0) is 15.0. The Hall–Kier alpha value is -1.30. The Morgan fingerprint density at radius 2 is 2.20 bits per heavy atom. The molecule has 0 heterocycles. The second kappa shape index (κ2) is 8.79. The van der Waals surface area contributed by atoms with Gasteiger partial charge in [-0.3, -0.25) is 0 Å². The number of ether oxygens (including phenoxy) is 1. The zero-order valence-corrected chi connectivity index (χ0v) is 12.5. The topological polar surface area (TPSA) is 70.6 Å². The Kier molecular flexibility index (Phi) is 7.36. The maximum atomic E-state index is 10.3. The van der Waals surface area contributed by atoms with Crippen LogP contribution >= 0.6 is 11.6 Å². The molecule has 1 rings (SSSR count). The molecule has 0 aliphatic heterocycles. The van der Waals surface area contributed by atoms with Crippen molar-refractivity contribution in [2.45, 2.75) is 19.4 Å². The lowest BCUT2D eigenvalue weighted by atomic mass is 9.99. The molecule has 0 saturated carbocycles. The molecule has 20 heavy (non-hydrogen) atoms. The van der Waals surface area contributed by atoms with Gasteiger partial charge in [-0.1, -0.05) is 17.7 Å². The van der Waals surface area contributed by atoms with Crippen molar-refractivity contribution in [2.75, 3.05) is 26.8 Å². The molecule has 0 radical (unpaired) electrons. The van der Waals surface area contributed by atoms with Gasteiger partial charge in [0.1, 0.15) is 0 Å². The highest BCUT2D eigenvalue weighted by atomic mass is 35.5. The van der Waals surface area contributed by atoms with Gasteiger partial charge in [-0.05, 0) is 43.7 Å². The molecule has 3 N–H and O–H groups in total. The van der Waals surface area contributed by atoms with Crippen LogP contribution in [0.4, 0.5) is 4.79 Å². The van der Waals surface area contributed by atoms with E-state index in [4.69, 9.17) is 21.4 Å². The molecule has 0 fully saturated rings. The van der Waals surface area contributed by atoms with E-state index in [9.17, 15) is 4.79 Å². The predicted molar refractivity (Wildman–Crippen MR) is 79.5 cm³/mol. The summed E-state index contributed by atoms with van der Waals surface area (Å²) in [6.45, 7) is 3.28. The van der Waals surface area contributed by atoms with Crippen LogP contribution in [0.25, 0.3) is 0 Å². The van der Waals surface area contributed by atoms with Gasteiger partial charge in [0, 0.05) is 24.2 Å². The van der Waals surface area contributed by atoms with Crippen LogP contribution in [-0.4, -0.2) is 38.0 Å². The van der Waals surface area contributed by atoms with Crippen molar-refractivity contribution in [1.82, 2.24) is 10.6 Å². The van der Waals surface area contributed by atoms with Gasteiger partial charge in [-0.2, -0.15) is 0 Å². The van der Waals surface area contributed by atoms with Crippen LogP contribution < -0.4 is 10.6 Å². The summed E-state index contributed by atoms with van der Waals surface area (Å²) < 4.78 is 5.41. The third-order valence-corrected chi connectivity index (χ3v) is 3.27. The summed E-state index contributed by atoms with van der Waals surface area (Å²) in [6, 6.07) is 6.01. The Bertz CT molecular complexity index is 440. The van der Waals surface area contributed by atoms with E-state index in [0.717, 1.165) is 17.0 Å². The first-order chi connectivity index (χ1) is 9.54. The number of aryl methyl sites for hydroxylation is 1. The van der Waals surface area contributed by atoms with Crippen molar-refractivity contribution in [3.8, 4) is 0 Å². The number of carboxylic acid groups (broad SMARTS) is 1. The highest BCUT2D eigenvalue weighted by molar-refractivity contribution is 6.30. The van der Waals surface area contributed by atoms with Crippen molar-refractivity contribution in [3.05, 3.63) is 34.3 Å². The second-order valence-corrected chi connectivity index (χ2v) is 4.91. The van der Waals surface area contributed by atoms with E-state index in [1.165, 1.54) is 5.56 Å². The van der Waals surface area contributed by atoms with Crippen molar-refractivity contribution >= 4 is 17.7 Å². The van der Waals surface area contributed by atoms with Gasteiger partial charge in [0.2, 0.25) is 0 Å². The number of nitrogens with one attached hydrogen (secondary N) is 2. The van der Waals surface area contributed by atoms with Crippen LogP contribution in [0.1, 0.15) is 23.6 Å². The van der Waals surface area contributed by atoms with Gasteiger partial charge in [0.25, 0.3) is 0 Å². The fourth-order valence-electron chi connectivity index (χ4n) is 1.98. The second-order valence-electron chi connectivity index (χ2n) is 4.48. The highest BCUT2D eigenvalue weighted by Gasteiger charge is 2.12. The number of halogens is 1. The molecule has 0 bridgehead atoms. The Labute approximate surface area is 124 Å². The molecule has 1 atom stereocenters. The van der Waals surface area contributed by atoms with E-state index in [1.54, 1.807) is 0 Å². The standard InChI is InChI=1S/C14H21ClN2O3/c1-10-3-4-11(15)9-12(10)13(16-2)5-7-20-8-6-17-14(18)19/h3-4,9,13,16-17H,5-8H2,1-2H3,(H,18,19). The SMILES string of the molecule is CNC(CCOCCNC(=O)O)c1cc(Cl)ccc1C. The lowest BCUT2D eigenvalue weighted by Gasteiger charge is -2.19. The average Bonchev–Trinajstić information content (AvgIpc) is 2.41. The third kappa shape index (κ3) is 5.77. The molecule has 0 aromatic heterocycles. The van der Waals surface area contributed by atoms with Crippen LogP contribution in [0, 0.1) is 6.92 Å². The van der Waals surface area contributed by atoms with Gasteiger partial charge in [0.05, 0.1) is 6.61 Å². The first kappa shape index (κ1) is 16.8. The summed E-state index contributed by atoms with van der Waals surface area (Å²) in [6.07, 6.45) is -0.235. The minimum absolute atomic E-state index is 0.168. The first-order valence-electron chi connectivity index (χ1n) is 6.52. The number of benzene rings is 1. The molecule has 0 spiro atoms. The van der Waals surface area contributed by atoms with Gasteiger partial charge < -0.3 is 20.5 Å². The van der Waals surface area contributed by atoms with E-state index in [-0.39, 0.29) is 6.04 Å². The summed E-state index contributed by atoms with van der Waals surface area (Å²) in [5.74, 6) is 0. The normalized spacial score (nSPS) is 12.2. The van der Waals surface area contributed by atoms with E-state index < -0.39 is 6.09 Å². The molecule has 1 unspecified atom stereocenters. The summed E-state index contributed by atoms with van der Waals surface area (Å²) in [5.41, 5.74) is 2.34. The molecular formula is C14H21ClN2O3. The smallest absolute Gasteiger partial charge is 0.404 e. The van der Waals surface area contributed by atoms with E-state index in [0.29, 0.717) is 19.8 Å². The van der Waals surface area contributed by atoms with Crippen LogP contribution in [0.15, 0.2) is 18.2 Å². The first-order valence-corrected chi connectivity index (χ1v) is 6.90. The predicted octanol–water partition coefficient (Wildman–Crippen LogP) is 2.58. The lowest BCUT2D eigenvalue weighted by Crippen LogP contribution is -2.26. The van der Waals surface area contributed by atoms with Gasteiger partial charge in [-0.25, -0.2) is 4.79 Å². The van der Waals surface area contributed by atoms with Crippen molar-refractivity contribution in [3.63, 3.8) is 0 Å². The Morgan fingerprint density at radius 3 is 2.85 bits per heavy atom. The molecule has 0 saturated heterocycles. The summed E-state index contributed by atoms with van der Waals surface area (Å²) in [7, 11) is 1.90. The third-order valence-electron chi connectivity index (χ3n) is 3.04. The van der Waals surface area contributed by atoms with Crippen molar-refractivity contribution in [1.29, 1.82) is 0 Å². The van der Waals surface area contributed by atoms with Crippen molar-refractivity contribution in [2.24, 2.45) is 0 Å². The Balaban J connectivity index is 2.39. The molecular weight excluding hydrogens is 280 g/mol. The summed E-state index contributed by atoms with van der Waals surface area (Å²) in [4.78, 5) is 10.3. The minimum Gasteiger partial charge on any atom is -0.465 e. The average molecular weight is 301 g/mol. The van der Waals surface area contributed by atoms with Gasteiger partial charge >= 0.3 is 6.09 Å². The molecule has 6 heteroatoms. The molecule has 0 aliphatic rings. The van der Waals surface area contributed by atoms with Crippen LogP contribution in [0.3, 0.4) is 0 Å².